The lowest BCUT2D eigenvalue weighted by atomic mass is 10.1. The van der Waals surface area contributed by atoms with Gasteiger partial charge in [0.25, 0.3) is 5.91 Å². The van der Waals surface area contributed by atoms with Gasteiger partial charge in [0, 0.05) is 16.8 Å². The molecule has 0 aliphatic rings. The van der Waals surface area contributed by atoms with Crippen LogP contribution in [0.3, 0.4) is 0 Å². The SMILES string of the molecule is [N-]=[N+]=Nc1c(F)c(F)c(C(=O)NCCBr)c(F)c1F. The number of nitrogens with one attached hydrogen (secondary N) is 1. The van der Waals surface area contributed by atoms with E-state index in [0.29, 0.717) is 0 Å². The van der Waals surface area contributed by atoms with Crippen LogP contribution >= 0.6 is 15.9 Å². The molecule has 1 aromatic carbocycles. The molecule has 1 rings (SSSR count). The number of benzene rings is 1. The number of halogens is 5. The lowest BCUT2D eigenvalue weighted by Gasteiger charge is -2.09. The van der Waals surface area contributed by atoms with Crippen LogP contribution in [-0.2, 0) is 0 Å². The van der Waals surface area contributed by atoms with E-state index in [1.807, 2.05) is 10.2 Å². The van der Waals surface area contributed by atoms with Crippen LogP contribution in [0.15, 0.2) is 5.11 Å². The van der Waals surface area contributed by atoms with Gasteiger partial charge in [0.1, 0.15) is 11.3 Å². The van der Waals surface area contributed by atoms with E-state index in [9.17, 15) is 22.4 Å². The highest BCUT2D eigenvalue weighted by atomic mass is 79.9. The normalized spacial score (nSPS) is 9.95. The molecule has 0 spiro atoms. The molecule has 0 radical (unpaired) electrons. The summed E-state index contributed by atoms with van der Waals surface area (Å²) < 4.78 is 53.6. The highest BCUT2D eigenvalue weighted by Gasteiger charge is 2.28. The molecular formula is C9H5BrF4N4O. The average molecular weight is 341 g/mol. The molecule has 19 heavy (non-hydrogen) atoms. The first-order valence-corrected chi connectivity index (χ1v) is 5.83. The first kappa shape index (κ1) is 15.3. The molecule has 1 N–H and O–H groups in total. The van der Waals surface area contributed by atoms with Gasteiger partial charge in [-0.05, 0) is 5.53 Å². The van der Waals surface area contributed by atoms with Crippen molar-refractivity contribution in [3.63, 3.8) is 0 Å². The van der Waals surface area contributed by atoms with Crippen LogP contribution in [-0.4, -0.2) is 17.8 Å². The van der Waals surface area contributed by atoms with Crippen LogP contribution in [0.5, 0.6) is 0 Å². The average Bonchev–Trinajstić information content (AvgIpc) is 2.39. The molecule has 0 atom stereocenters. The van der Waals surface area contributed by atoms with E-state index in [2.05, 4.69) is 21.0 Å². The molecule has 0 unspecified atom stereocenters. The number of nitrogens with zero attached hydrogens (tertiary/aromatic N) is 3. The second-order valence-electron chi connectivity index (χ2n) is 3.11. The number of carbonyl (C=O) groups is 1. The Balaban J connectivity index is 3.43. The van der Waals surface area contributed by atoms with Crippen molar-refractivity contribution in [3.05, 3.63) is 39.3 Å². The van der Waals surface area contributed by atoms with Gasteiger partial charge < -0.3 is 5.32 Å². The van der Waals surface area contributed by atoms with Crippen LogP contribution in [0.1, 0.15) is 10.4 Å². The number of amides is 1. The van der Waals surface area contributed by atoms with Gasteiger partial charge in [-0.2, -0.15) is 0 Å². The van der Waals surface area contributed by atoms with Crippen molar-refractivity contribution in [1.29, 1.82) is 0 Å². The third-order valence-corrected chi connectivity index (χ3v) is 2.39. The molecule has 0 saturated heterocycles. The van der Waals surface area contributed by atoms with E-state index in [0.717, 1.165) is 0 Å². The zero-order valence-electron chi connectivity index (χ0n) is 9.05. The summed E-state index contributed by atoms with van der Waals surface area (Å²) >= 11 is 2.94. The Bertz CT molecular complexity index is 545. The highest BCUT2D eigenvalue weighted by molar-refractivity contribution is 9.09. The largest absolute Gasteiger partial charge is 0.351 e. The van der Waals surface area contributed by atoms with Crippen molar-refractivity contribution in [1.82, 2.24) is 5.32 Å². The number of alkyl halides is 1. The Morgan fingerprint density at radius 1 is 1.21 bits per heavy atom. The van der Waals surface area contributed by atoms with Gasteiger partial charge in [-0.3, -0.25) is 4.79 Å². The van der Waals surface area contributed by atoms with E-state index >= 15 is 0 Å². The summed E-state index contributed by atoms with van der Waals surface area (Å²) in [5.41, 5.74) is 5.17. The number of azide groups is 1. The molecule has 0 bridgehead atoms. The summed E-state index contributed by atoms with van der Waals surface area (Å²) in [7, 11) is 0. The van der Waals surface area contributed by atoms with E-state index in [1.54, 1.807) is 0 Å². The molecule has 0 heterocycles. The third-order valence-electron chi connectivity index (χ3n) is 1.99. The molecule has 0 aliphatic heterocycles. The Morgan fingerprint density at radius 3 is 2.16 bits per heavy atom. The lowest BCUT2D eigenvalue weighted by Crippen LogP contribution is -2.28. The summed E-state index contributed by atoms with van der Waals surface area (Å²) in [5, 5.41) is 4.82. The summed E-state index contributed by atoms with van der Waals surface area (Å²) in [6.45, 7) is -0.000941. The maximum atomic E-state index is 13.5. The van der Waals surface area contributed by atoms with Crippen molar-refractivity contribution in [3.8, 4) is 0 Å². The van der Waals surface area contributed by atoms with Crippen molar-refractivity contribution in [2.75, 3.05) is 11.9 Å². The molecule has 102 valence electrons. The zero-order valence-corrected chi connectivity index (χ0v) is 10.6. The molecule has 1 aromatic rings. The van der Waals surface area contributed by atoms with E-state index in [1.165, 1.54) is 0 Å². The van der Waals surface area contributed by atoms with Crippen molar-refractivity contribution in [2.24, 2.45) is 5.11 Å². The fourth-order valence-electron chi connectivity index (χ4n) is 1.20. The van der Waals surface area contributed by atoms with Crippen LogP contribution in [0, 0.1) is 23.3 Å². The fraction of sp³-hybridized carbons (Fsp3) is 0.222. The molecular weight excluding hydrogens is 336 g/mol. The minimum Gasteiger partial charge on any atom is -0.351 e. The van der Waals surface area contributed by atoms with Crippen molar-refractivity contribution < 1.29 is 22.4 Å². The first-order valence-electron chi connectivity index (χ1n) is 4.70. The Labute approximate surface area is 112 Å². The molecule has 1 amide bonds. The molecule has 0 fully saturated rings. The fourth-order valence-corrected chi connectivity index (χ4v) is 1.40. The first-order chi connectivity index (χ1) is 8.95. The smallest absolute Gasteiger partial charge is 0.257 e. The summed E-state index contributed by atoms with van der Waals surface area (Å²) in [6.07, 6.45) is 0. The predicted molar refractivity (Wildman–Crippen MR) is 61.2 cm³/mol. The quantitative estimate of drug-likeness (QED) is 0.224. The maximum absolute atomic E-state index is 13.5. The molecule has 5 nitrogen and oxygen atoms in total. The third kappa shape index (κ3) is 2.96. The van der Waals surface area contributed by atoms with Crippen LogP contribution < -0.4 is 5.32 Å². The maximum Gasteiger partial charge on any atom is 0.257 e. The van der Waals surface area contributed by atoms with Crippen LogP contribution in [0.25, 0.3) is 10.4 Å². The Kier molecular flexibility index (Phi) is 5.13. The van der Waals surface area contributed by atoms with Gasteiger partial charge in [-0.1, -0.05) is 21.0 Å². The molecule has 0 aromatic heterocycles. The highest BCUT2D eigenvalue weighted by Crippen LogP contribution is 2.30. The number of rotatable bonds is 4. The molecule has 0 aliphatic carbocycles. The van der Waals surface area contributed by atoms with E-state index in [-0.39, 0.29) is 11.9 Å². The van der Waals surface area contributed by atoms with Gasteiger partial charge in [0.05, 0.1) is 0 Å². The van der Waals surface area contributed by atoms with Gasteiger partial charge in [-0.25, -0.2) is 17.6 Å². The summed E-state index contributed by atoms with van der Waals surface area (Å²) in [5.74, 6) is -9.03. The zero-order chi connectivity index (χ0) is 14.6. The van der Waals surface area contributed by atoms with Gasteiger partial charge >= 0.3 is 0 Å². The molecule has 0 saturated carbocycles. The summed E-state index contributed by atoms with van der Waals surface area (Å²) in [4.78, 5) is 13.4. The van der Waals surface area contributed by atoms with Gasteiger partial charge in [-0.15, -0.1) is 0 Å². The van der Waals surface area contributed by atoms with Gasteiger partial charge in [0.15, 0.2) is 23.3 Å². The standard InChI is InChI=1S/C9H5BrF4N4O/c10-1-2-16-9(19)3-4(11)6(13)8(17-18-15)7(14)5(3)12/h1-2H2,(H,16,19). The topological polar surface area (TPSA) is 77.9 Å². The van der Waals surface area contributed by atoms with Crippen LogP contribution in [0.2, 0.25) is 0 Å². The second kappa shape index (κ2) is 6.39. The minimum atomic E-state index is -1.93. The van der Waals surface area contributed by atoms with Crippen molar-refractivity contribution >= 4 is 27.5 Å². The van der Waals surface area contributed by atoms with E-state index in [4.69, 9.17) is 5.53 Å². The second-order valence-corrected chi connectivity index (χ2v) is 3.91. The number of hydrogen-bond acceptors (Lipinski definition) is 2. The monoisotopic (exact) mass is 340 g/mol. The minimum absolute atomic E-state index is 0.000941. The molecule has 10 heteroatoms. The Hall–Kier alpha value is -1.80. The van der Waals surface area contributed by atoms with E-state index < -0.39 is 40.4 Å². The Morgan fingerprint density at radius 2 is 1.74 bits per heavy atom. The summed E-state index contributed by atoms with van der Waals surface area (Å²) in [6, 6.07) is 0. The van der Waals surface area contributed by atoms with Gasteiger partial charge in [0.2, 0.25) is 0 Å². The number of hydrogen-bond donors (Lipinski definition) is 1. The van der Waals surface area contributed by atoms with Crippen LogP contribution in [0.4, 0.5) is 23.2 Å². The lowest BCUT2D eigenvalue weighted by molar-refractivity contribution is 0.0945. The predicted octanol–water partition coefficient (Wildman–Crippen LogP) is 3.31. The number of carbonyl (C=O) groups excluding carboxylic acids is 1. The van der Waals surface area contributed by atoms with Crippen molar-refractivity contribution in [2.45, 2.75) is 0 Å².